The number of anilines is 2. The van der Waals surface area contributed by atoms with Crippen LogP contribution in [0.4, 0.5) is 16.2 Å². The minimum Gasteiger partial charge on any atom is -0.465 e. The molecule has 0 aromatic heterocycles. The largest absolute Gasteiger partial charge is 0.465 e. The Kier molecular flexibility index (Phi) is 6.42. The van der Waals surface area contributed by atoms with E-state index in [2.05, 4.69) is 30.1 Å². The van der Waals surface area contributed by atoms with Crippen LogP contribution in [-0.4, -0.2) is 50.2 Å². The van der Waals surface area contributed by atoms with Gasteiger partial charge in [0.15, 0.2) is 0 Å². The van der Waals surface area contributed by atoms with E-state index in [-0.39, 0.29) is 12.0 Å². The Morgan fingerprint density at radius 2 is 1.72 bits per heavy atom. The summed E-state index contributed by atoms with van der Waals surface area (Å²) in [5.41, 5.74) is 4.64. The molecule has 0 bridgehead atoms. The van der Waals surface area contributed by atoms with Gasteiger partial charge in [-0.15, -0.1) is 0 Å². The number of piperazine rings is 1. The third-order valence-electron chi connectivity index (χ3n) is 5.36. The molecule has 6 heteroatoms. The summed E-state index contributed by atoms with van der Waals surface area (Å²) in [5, 5.41) is 3.12. The first-order valence-corrected chi connectivity index (χ1v) is 9.99. The van der Waals surface area contributed by atoms with Gasteiger partial charge >= 0.3 is 12.0 Å². The number of ether oxygens (including phenoxy) is 1. The van der Waals surface area contributed by atoms with E-state index >= 15 is 0 Å². The zero-order chi connectivity index (χ0) is 21.0. The highest BCUT2D eigenvalue weighted by Crippen LogP contribution is 2.28. The highest BCUT2D eigenvalue weighted by Gasteiger charge is 2.23. The van der Waals surface area contributed by atoms with Gasteiger partial charge in [-0.2, -0.15) is 0 Å². The first-order chi connectivity index (χ1) is 13.9. The van der Waals surface area contributed by atoms with Gasteiger partial charge < -0.3 is 19.9 Å². The number of benzene rings is 2. The van der Waals surface area contributed by atoms with Crippen molar-refractivity contribution in [1.29, 1.82) is 0 Å². The van der Waals surface area contributed by atoms with Crippen molar-refractivity contribution >= 4 is 23.4 Å². The summed E-state index contributed by atoms with van der Waals surface area (Å²) in [6.45, 7) is 8.95. The Bertz CT molecular complexity index is 887. The van der Waals surface area contributed by atoms with Crippen molar-refractivity contribution in [2.45, 2.75) is 26.7 Å². The molecule has 29 heavy (non-hydrogen) atoms. The van der Waals surface area contributed by atoms with Crippen LogP contribution in [0.2, 0.25) is 0 Å². The molecule has 3 rings (SSSR count). The lowest BCUT2D eigenvalue weighted by Crippen LogP contribution is -2.50. The van der Waals surface area contributed by atoms with Crippen LogP contribution in [0.1, 0.15) is 41.3 Å². The normalized spacial score (nSPS) is 14.1. The van der Waals surface area contributed by atoms with Crippen molar-refractivity contribution in [1.82, 2.24) is 4.90 Å². The van der Waals surface area contributed by atoms with Gasteiger partial charge in [0, 0.05) is 37.6 Å². The molecule has 1 saturated heterocycles. The molecule has 1 N–H and O–H groups in total. The van der Waals surface area contributed by atoms with Crippen molar-refractivity contribution in [2.75, 3.05) is 43.5 Å². The third-order valence-corrected chi connectivity index (χ3v) is 5.36. The van der Waals surface area contributed by atoms with Gasteiger partial charge in [-0.05, 0) is 42.2 Å². The second-order valence-electron chi connectivity index (χ2n) is 7.64. The Hall–Kier alpha value is -3.02. The molecular formula is C23H29N3O3. The van der Waals surface area contributed by atoms with Gasteiger partial charge in [-0.25, -0.2) is 9.59 Å². The predicted octanol–water partition coefficient (Wildman–Crippen LogP) is 4.26. The maximum Gasteiger partial charge on any atom is 0.337 e. The predicted molar refractivity (Wildman–Crippen MR) is 116 cm³/mol. The lowest BCUT2D eigenvalue weighted by Gasteiger charge is -2.36. The molecule has 1 aliphatic heterocycles. The Morgan fingerprint density at radius 3 is 2.38 bits per heavy atom. The highest BCUT2D eigenvalue weighted by molar-refractivity contribution is 5.92. The van der Waals surface area contributed by atoms with Gasteiger partial charge in [0.25, 0.3) is 0 Å². The molecular weight excluding hydrogens is 366 g/mol. The molecule has 0 saturated carbocycles. The first-order valence-electron chi connectivity index (χ1n) is 9.99. The van der Waals surface area contributed by atoms with Crippen LogP contribution in [0, 0.1) is 6.92 Å². The zero-order valence-corrected chi connectivity index (χ0v) is 17.6. The quantitative estimate of drug-likeness (QED) is 0.786. The number of methoxy groups -OCH3 is 1. The average Bonchev–Trinajstić information content (AvgIpc) is 2.74. The standard InChI is InChI=1S/C23H29N3O3/c1-16(2)20-10-5-7-17(3)21(20)24-23(28)26-13-11-25(12-14-26)19-9-6-8-18(15-19)22(27)29-4/h5-10,15-16H,11-14H2,1-4H3,(H,24,28). The van der Waals surface area contributed by atoms with Crippen molar-refractivity contribution in [3.8, 4) is 0 Å². The molecule has 0 aliphatic carbocycles. The van der Waals surface area contributed by atoms with Crippen molar-refractivity contribution in [2.24, 2.45) is 0 Å². The van der Waals surface area contributed by atoms with E-state index in [0.29, 0.717) is 37.7 Å². The summed E-state index contributed by atoms with van der Waals surface area (Å²) in [6.07, 6.45) is 0. The van der Waals surface area contributed by atoms with E-state index in [1.54, 1.807) is 6.07 Å². The fourth-order valence-electron chi connectivity index (χ4n) is 3.64. The van der Waals surface area contributed by atoms with Gasteiger partial charge in [-0.3, -0.25) is 0 Å². The Balaban J connectivity index is 1.64. The van der Waals surface area contributed by atoms with E-state index in [4.69, 9.17) is 4.74 Å². The summed E-state index contributed by atoms with van der Waals surface area (Å²) >= 11 is 0. The number of carbonyl (C=O) groups excluding carboxylic acids is 2. The minimum atomic E-state index is -0.343. The number of carbonyl (C=O) groups is 2. The van der Waals surface area contributed by atoms with Crippen LogP contribution in [0.5, 0.6) is 0 Å². The van der Waals surface area contributed by atoms with E-state index in [1.807, 2.05) is 42.2 Å². The van der Waals surface area contributed by atoms with Gasteiger partial charge in [-0.1, -0.05) is 38.1 Å². The van der Waals surface area contributed by atoms with Crippen LogP contribution in [-0.2, 0) is 4.74 Å². The van der Waals surface area contributed by atoms with Crippen molar-refractivity contribution in [3.63, 3.8) is 0 Å². The number of hydrogen-bond donors (Lipinski definition) is 1. The Morgan fingerprint density at radius 1 is 1.03 bits per heavy atom. The number of nitrogens with zero attached hydrogens (tertiary/aromatic N) is 2. The summed E-state index contributed by atoms with van der Waals surface area (Å²) in [4.78, 5) is 28.6. The average molecular weight is 396 g/mol. The number of para-hydroxylation sites is 1. The van der Waals surface area contributed by atoms with E-state index < -0.39 is 0 Å². The third kappa shape index (κ3) is 4.70. The molecule has 2 amide bonds. The lowest BCUT2D eigenvalue weighted by atomic mass is 9.98. The number of nitrogens with one attached hydrogen (secondary N) is 1. The van der Waals surface area contributed by atoms with E-state index in [9.17, 15) is 9.59 Å². The van der Waals surface area contributed by atoms with Crippen LogP contribution in [0.3, 0.4) is 0 Å². The Labute approximate surface area is 172 Å². The van der Waals surface area contributed by atoms with Gasteiger partial charge in [0.05, 0.1) is 12.7 Å². The molecule has 0 radical (unpaired) electrons. The van der Waals surface area contributed by atoms with Crippen LogP contribution in [0.25, 0.3) is 0 Å². The fraction of sp³-hybridized carbons (Fsp3) is 0.391. The number of urea groups is 1. The zero-order valence-electron chi connectivity index (χ0n) is 17.6. The van der Waals surface area contributed by atoms with E-state index in [1.165, 1.54) is 7.11 Å². The second kappa shape index (κ2) is 8.99. The molecule has 6 nitrogen and oxygen atoms in total. The monoisotopic (exact) mass is 395 g/mol. The van der Waals surface area contributed by atoms with Crippen molar-refractivity contribution < 1.29 is 14.3 Å². The minimum absolute atomic E-state index is 0.0656. The molecule has 0 spiro atoms. The number of rotatable bonds is 4. The molecule has 2 aromatic rings. The first kappa shape index (κ1) is 20.7. The second-order valence-corrected chi connectivity index (χ2v) is 7.64. The smallest absolute Gasteiger partial charge is 0.337 e. The van der Waals surface area contributed by atoms with Crippen LogP contribution in [0.15, 0.2) is 42.5 Å². The summed E-state index contributed by atoms with van der Waals surface area (Å²) in [7, 11) is 1.38. The fourth-order valence-corrected chi connectivity index (χ4v) is 3.64. The topological polar surface area (TPSA) is 61.9 Å². The van der Waals surface area contributed by atoms with Crippen molar-refractivity contribution in [3.05, 3.63) is 59.2 Å². The van der Waals surface area contributed by atoms with Gasteiger partial charge in [0.1, 0.15) is 0 Å². The maximum absolute atomic E-state index is 12.9. The molecule has 0 atom stereocenters. The van der Waals surface area contributed by atoms with Crippen LogP contribution >= 0.6 is 0 Å². The molecule has 154 valence electrons. The lowest BCUT2D eigenvalue weighted by molar-refractivity contribution is 0.0600. The van der Waals surface area contributed by atoms with Crippen LogP contribution < -0.4 is 10.2 Å². The molecule has 2 aromatic carbocycles. The summed E-state index contributed by atoms with van der Waals surface area (Å²) in [5.74, 6) is -0.00631. The number of aryl methyl sites for hydroxylation is 1. The number of esters is 1. The molecule has 1 aliphatic rings. The maximum atomic E-state index is 12.9. The number of amides is 2. The summed E-state index contributed by atoms with van der Waals surface area (Å²) < 4.78 is 4.80. The SMILES string of the molecule is COC(=O)c1cccc(N2CCN(C(=O)Nc3c(C)cccc3C(C)C)CC2)c1. The van der Waals surface area contributed by atoms with E-state index in [0.717, 1.165) is 22.5 Å². The summed E-state index contributed by atoms with van der Waals surface area (Å²) in [6, 6.07) is 13.5. The van der Waals surface area contributed by atoms with Gasteiger partial charge in [0.2, 0.25) is 0 Å². The molecule has 1 fully saturated rings. The molecule has 0 unspecified atom stereocenters. The highest BCUT2D eigenvalue weighted by atomic mass is 16.5. The number of hydrogen-bond acceptors (Lipinski definition) is 4. The molecule has 1 heterocycles.